The molecule has 2 aromatic rings. The summed E-state index contributed by atoms with van der Waals surface area (Å²) >= 11 is 9.37. The zero-order valence-corrected chi connectivity index (χ0v) is 20.4. The zero-order valence-electron chi connectivity index (χ0n) is 18.1. The van der Waals surface area contributed by atoms with Crippen LogP contribution >= 0.6 is 27.5 Å². The second-order valence-corrected chi connectivity index (χ2v) is 10.1. The second-order valence-electron chi connectivity index (χ2n) is 8.78. The number of fused-ring (bicyclic) bond motifs is 5. The third-order valence-corrected chi connectivity index (χ3v) is 7.57. The molecule has 1 aliphatic heterocycles. The van der Waals surface area contributed by atoms with Gasteiger partial charge in [0.15, 0.2) is 6.61 Å². The van der Waals surface area contributed by atoms with Crippen molar-refractivity contribution in [3.8, 4) is 0 Å². The fourth-order valence-electron chi connectivity index (χ4n) is 5.29. The highest BCUT2D eigenvalue weighted by Gasteiger charge is 2.60. The molecule has 2 aromatic carbocycles. The van der Waals surface area contributed by atoms with E-state index in [1.807, 2.05) is 6.92 Å². The van der Waals surface area contributed by atoms with E-state index in [9.17, 15) is 19.2 Å². The number of ether oxygens (including phenoxy) is 1. The first-order chi connectivity index (χ1) is 16.2. The molecule has 2 fully saturated rings. The van der Waals surface area contributed by atoms with E-state index in [-0.39, 0.29) is 41.0 Å². The predicted octanol–water partition coefficient (Wildman–Crippen LogP) is 4.60. The summed E-state index contributed by atoms with van der Waals surface area (Å²) in [7, 11) is 0. The van der Waals surface area contributed by atoms with Crippen LogP contribution in [0.4, 0.5) is 11.4 Å². The molecule has 5 rings (SSSR count). The van der Waals surface area contributed by atoms with Crippen LogP contribution in [0.15, 0.2) is 58.6 Å². The quantitative estimate of drug-likeness (QED) is 0.338. The molecule has 1 heterocycles. The highest BCUT2D eigenvalue weighted by Crippen LogP contribution is 2.55. The number of rotatable bonds is 5. The summed E-state index contributed by atoms with van der Waals surface area (Å²) in [6, 6.07) is 11.1. The fourth-order valence-corrected chi connectivity index (χ4v) is 6.01. The predicted molar refractivity (Wildman–Crippen MR) is 129 cm³/mol. The number of nitrogens with zero attached hydrogens (tertiary/aromatic N) is 1. The van der Waals surface area contributed by atoms with Gasteiger partial charge in [0, 0.05) is 4.47 Å². The number of carbonyl (C=O) groups excluding carboxylic acids is 4. The van der Waals surface area contributed by atoms with E-state index in [1.165, 1.54) is 22.6 Å². The van der Waals surface area contributed by atoms with Crippen molar-refractivity contribution in [3.05, 3.63) is 69.2 Å². The monoisotopic (exact) mass is 542 g/mol. The van der Waals surface area contributed by atoms with Crippen molar-refractivity contribution in [1.82, 2.24) is 0 Å². The van der Waals surface area contributed by atoms with Gasteiger partial charge in [-0.25, -0.2) is 9.69 Å². The number of esters is 1. The molecule has 0 aromatic heterocycles. The van der Waals surface area contributed by atoms with Gasteiger partial charge in [-0.05, 0) is 61.6 Å². The number of hydrogen-bond acceptors (Lipinski definition) is 5. The lowest BCUT2D eigenvalue weighted by Crippen LogP contribution is -2.33. The first-order valence-corrected chi connectivity index (χ1v) is 12.0. The van der Waals surface area contributed by atoms with Crippen LogP contribution in [-0.4, -0.2) is 30.3 Å². The molecule has 4 atom stereocenters. The van der Waals surface area contributed by atoms with Crippen LogP contribution in [-0.2, 0) is 19.1 Å². The number of imide groups is 1. The van der Waals surface area contributed by atoms with Crippen molar-refractivity contribution in [2.45, 2.75) is 13.3 Å². The van der Waals surface area contributed by atoms with Gasteiger partial charge in [-0.1, -0.05) is 45.2 Å². The molecule has 2 bridgehead atoms. The summed E-state index contributed by atoms with van der Waals surface area (Å²) in [4.78, 5) is 52.2. The van der Waals surface area contributed by atoms with Crippen LogP contribution in [0, 0.1) is 23.7 Å². The Hall–Kier alpha value is -2.97. The van der Waals surface area contributed by atoms with Crippen LogP contribution in [0.5, 0.6) is 0 Å². The van der Waals surface area contributed by atoms with Gasteiger partial charge in [-0.2, -0.15) is 0 Å². The molecule has 0 spiro atoms. The summed E-state index contributed by atoms with van der Waals surface area (Å²) < 4.78 is 5.89. The van der Waals surface area contributed by atoms with Crippen molar-refractivity contribution in [3.63, 3.8) is 0 Å². The standard InChI is InChI=1S/C25H20BrClN2O5/c1-12-7-14-9-17(12)22-21(14)23(31)29(24(22)32)16-4-2-3-13(8-16)25(33)34-11-20(30)28-19-6-5-15(26)10-18(19)27/h2-8,10,14,17,21-22H,9,11H2,1H3,(H,28,30)/t14-,17+,21-,22-/m0/s1. The van der Waals surface area contributed by atoms with Gasteiger partial charge in [0.2, 0.25) is 11.8 Å². The van der Waals surface area contributed by atoms with Gasteiger partial charge in [0.25, 0.3) is 5.91 Å². The SMILES string of the molecule is CC1=C[C@H]2C[C@H]1[C@@H]1C(=O)N(c3cccc(C(=O)OCC(=O)Nc4ccc(Br)cc4Cl)c3)C(=O)[C@H]12. The zero-order chi connectivity index (χ0) is 24.1. The van der Waals surface area contributed by atoms with Crippen molar-refractivity contribution in [2.24, 2.45) is 23.7 Å². The third-order valence-electron chi connectivity index (χ3n) is 6.76. The molecule has 0 radical (unpaired) electrons. The van der Waals surface area contributed by atoms with Crippen molar-refractivity contribution in [2.75, 3.05) is 16.8 Å². The largest absolute Gasteiger partial charge is 0.452 e. The Morgan fingerprint density at radius 3 is 2.68 bits per heavy atom. The lowest BCUT2D eigenvalue weighted by molar-refractivity contribution is -0.123. The smallest absolute Gasteiger partial charge is 0.338 e. The Morgan fingerprint density at radius 1 is 1.15 bits per heavy atom. The molecule has 3 amide bonds. The molecule has 34 heavy (non-hydrogen) atoms. The fraction of sp³-hybridized carbons (Fsp3) is 0.280. The van der Waals surface area contributed by atoms with E-state index in [0.29, 0.717) is 16.4 Å². The van der Waals surface area contributed by atoms with Crippen LogP contribution in [0.1, 0.15) is 23.7 Å². The van der Waals surface area contributed by atoms with E-state index in [4.69, 9.17) is 16.3 Å². The van der Waals surface area contributed by atoms with Crippen LogP contribution in [0.2, 0.25) is 5.02 Å². The molecule has 7 nitrogen and oxygen atoms in total. The van der Waals surface area contributed by atoms with E-state index >= 15 is 0 Å². The average molecular weight is 544 g/mol. The van der Waals surface area contributed by atoms with E-state index in [1.54, 1.807) is 30.3 Å². The lowest BCUT2D eigenvalue weighted by Gasteiger charge is -2.19. The summed E-state index contributed by atoms with van der Waals surface area (Å²) in [5.41, 5.74) is 2.04. The van der Waals surface area contributed by atoms with Crippen molar-refractivity contribution in [1.29, 1.82) is 0 Å². The van der Waals surface area contributed by atoms with Gasteiger partial charge in [0.1, 0.15) is 0 Å². The minimum Gasteiger partial charge on any atom is -0.452 e. The number of carbonyl (C=O) groups is 4. The molecule has 1 saturated carbocycles. The summed E-state index contributed by atoms with van der Waals surface area (Å²) in [5.74, 6) is -2.17. The Bertz CT molecular complexity index is 1280. The number of allylic oxidation sites excluding steroid dienone is 2. The first-order valence-electron chi connectivity index (χ1n) is 10.8. The normalized spacial score (nSPS) is 24.8. The maximum atomic E-state index is 13.1. The van der Waals surface area contributed by atoms with Gasteiger partial charge in [0.05, 0.1) is 33.8 Å². The molecule has 174 valence electrons. The average Bonchev–Trinajstić information content (AvgIpc) is 3.44. The number of hydrogen-bond donors (Lipinski definition) is 1. The number of halogens is 2. The topological polar surface area (TPSA) is 92.8 Å². The maximum Gasteiger partial charge on any atom is 0.338 e. The van der Waals surface area contributed by atoms with Gasteiger partial charge < -0.3 is 10.1 Å². The van der Waals surface area contributed by atoms with Gasteiger partial charge in [-0.15, -0.1) is 0 Å². The maximum absolute atomic E-state index is 13.1. The number of nitrogens with one attached hydrogen (secondary N) is 1. The van der Waals surface area contributed by atoms with Gasteiger partial charge in [-0.3, -0.25) is 14.4 Å². The Kier molecular flexibility index (Phi) is 5.81. The molecular weight excluding hydrogens is 524 g/mol. The summed E-state index contributed by atoms with van der Waals surface area (Å²) in [6.07, 6.45) is 2.97. The van der Waals surface area contributed by atoms with E-state index < -0.39 is 18.5 Å². The second kappa shape index (κ2) is 8.67. The number of anilines is 2. The summed E-state index contributed by atoms with van der Waals surface area (Å²) in [5, 5.41) is 2.92. The lowest BCUT2D eigenvalue weighted by atomic mass is 9.82. The van der Waals surface area contributed by atoms with Crippen LogP contribution in [0.3, 0.4) is 0 Å². The molecule has 9 heteroatoms. The molecular formula is C25H20BrClN2O5. The molecule has 2 aliphatic carbocycles. The van der Waals surface area contributed by atoms with Crippen molar-refractivity contribution < 1.29 is 23.9 Å². The molecule has 1 N–H and O–H groups in total. The Balaban J connectivity index is 1.25. The Labute approximate surface area is 209 Å². The number of amides is 3. The van der Waals surface area contributed by atoms with E-state index in [2.05, 4.69) is 27.3 Å². The minimum absolute atomic E-state index is 0.0994. The van der Waals surface area contributed by atoms with Crippen molar-refractivity contribution >= 4 is 62.6 Å². The number of benzene rings is 2. The van der Waals surface area contributed by atoms with Gasteiger partial charge >= 0.3 is 5.97 Å². The first kappa shape index (κ1) is 22.8. The van der Waals surface area contributed by atoms with E-state index in [0.717, 1.165) is 10.9 Å². The van der Waals surface area contributed by atoms with Crippen LogP contribution < -0.4 is 10.2 Å². The molecule has 3 aliphatic rings. The minimum atomic E-state index is -0.740. The third kappa shape index (κ3) is 3.84. The molecule has 0 unspecified atom stereocenters. The molecule has 1 saturated heterocycles. The highest BCUT2D eigenvalue weighted by atomic mass is 79.9. The summed E-state index contributed by atoms with van der Waals surface area (Å²) in [6.45, 7) is 1.49. The highest BCUT2D eigenvalue weighted by molar-refractivity contribution is 9.10. The van der Waals surface area contributed by atoms with Crippen LogP contribution in [0.25, 0.3) is 0 Å². The Morgan fingerprint density at radius 2 is 1.91 bits per heavy atom.